The summed E-state index contributed by atoms with van der Waals surface area (Å²) in [6.45, 7) is -0.802. The number of alkyl halides is 1. The Kier molecular flexibility index (Phi) is 4.81. The van der Waals surface area contributed by atoms with Crippen LogP contribution in [0.15, 0.2) is 18.2 Å². The van der Waals surface area contributed by atoms with E-state index in [0.29, 0.717) is 11.1 Å². The number of hydrogen-bond acceptors (Lipinski definition) is 4. The predicted octanol–water partition coefficient (Wildman–Crippen LogP) is 0.354. The molecular formula is C9H12FN2O3S-. The van der Waals surface area contributed by atoms with Crippen LogP contribution in [0.4, 0.5) is 10.1 Å². The van der Waals surface area contributed by atoms with Crippen molar-refractivity contribution < 1.29 is 18.3 Å². The van der Waals surface area contributed by atoms with E-state index in [2.05, 4.69) is 4.72 Å². The molecule has 2 atom stereocenters. The first-order valence-corrected chi connectivity index (χ1v) is 5.58. The Bertz CT molecular complexity index is 389. The van der Waals surface area contributed by atoms with E-state index in [9.17, 15) is 18.3 Å². The summed E-state index contributed by atoms with van der Waals surface area (Å²) in [6.07, 6.45) is -1.01. The molecule has 7 heteroatoms. The largest absolute Gasteiger partial charge is 0.755 e. The lowest BCUT2D eigenvalue weighted by Crippen LogP contribution is -2.14. The summed E-state index contributed by atoms with van der Waals surface area (Å²) in [5.74, 6) is 0. The zero-order chi connectivity index (χ0) is 12.1. The zero-order valence-electron chi connectivity index (χ0n) is 8.35. The fourth-order valence-corrected chi connectivity index (χ4v) is 1.63. The number of nitrogens with two attached hydrogens (primary N) is 1. The van der Waals surface area contributed by atoms with Crippen molar-refractivity contribution in [3.8, 4) is 0 Å². The van der Waals surface area contributed by atoms with Crippen LogP contribution in [0.25, 0.3) is 0 Å². The Balaban J connectivity index is 3.05. The molecule has 2 unspecified atom stereocenters. The van der Waals surface area contributed by atoms with Crippen LogP contribution in [-0.2, 0) is 17.9 Å². The molecule has 0 bridgehead atoms. The first kappa shape index (κ1) is 13.0. The Morgan fingerprint density at radius 1 is 1.62 bits per heavy atom. The number of aliphatic hydroxyl groups is 1. The number of benzene rings is 1. The quantitative estimate of drug-likeness (QED) is 0.654. The van der Waals surface area contributed by atoms with Crippen molar-refractivity contribution in [1.82, 2.24) is 0 Å². The van der Waals surface area contributed by atoms with Crippen LogP contribution in [0.1, 0.15) is 17.2 Å². The molecule has 0 aliphatic carbocycles. The van der Waals surface area contributed by atoms with Crippen LogP contribution in [0.3, 0.4) is 0 Å². The zero-order valence-corrected chi connectivity index (χ0v) is 9.17. The summed E-state index contributed by atoms with van der Waals surface area (Å²) in [5, 5.41) is 9.53. The molecule has 0 saturated heterocycles. The van der Waals surface area contributed by atoms with Gasteiger partial charge in [-0.1, -0.05) is 6.07 Å². The number of halogens is 1. The van der Waals surface area contributed by atoms with Gasteiger partial charge in [-0.05, 0) is 23.3 Å². The average Bonchev–Trinajstić information content (AvgIpc) is 2.27. The van der Waals surface area contributed by atoms with Crippen LogP contribution in [0, 0.1) is 0 Å². The second-order valence-corrected chi connectivity index (χ2v) is 3.81. The highest BCUT2D eigenvalue weighted by Crippen LogP contribution is 2.23. The summed E-state index contributed by atoms with van der Waals surface area (Å²) in [7, 11) is 0. The van der Waals surface area contributed by atoms with Crippen LogP contribution in [-0.4, -0.2) is 20.4 Å². The summed E-state index contributed by atoms with van der Waals surface area (Å²) >= 11 is -2.46. The molecule has 5 nitrogen and oxygen atoms in total. The molecule has 0 fully saturated rings. The van der Waals surface area contributed by atoms with Gasteiger partial charge < -0.3 is 20.1 Å². The predicted molar refractivity (Wildman–Crippen MR) is 57.8 cm³/mol. The van der Waals surface area contributed by atoms with Crippen molar-refractivity contribution in [2.45, 2.75) is 12.8 Å². The number of anilines is 1. The van der Waals surface area contributed by atoms with E-state index in [-0.39, 0.29) is 12.2 Å². The molecule has 90 valence electrons. The lowest BCUT2D eigenvalue weighted by Gasteiger charge is -2.15. The molecule has 1 aromatic rings. The van der Waals surface area contributed by atoms with Gasteiger partial charge in [-0.25, -0.2) is 4.39 Å². The third-order valence-electron chi connectivity index (χ3n) is 2.07. The van der Waals surface area contributed by atoms with Crippen molar-refractivity contribution in [3.63, 3.8) is 0 Å². The fraction of sp³-hybridized carbons (Fsp3) is 0.333. The van der Waals surface area contributed by atoms with Crippen LogP contribution >= 0.6 is 0 Å². The maximum Gasteiger partial charge on any atom is 0.115 e. The highest BCUT2D eigenvalue weighted by molar-refractivity contribution is 7.80. The maximum atomic E-state index is 12.6. The van der Waals surface area contributed by atoms with E-state index >= 15 is 0 Å². The normalized spacial score (nSPS) is 14.5. The van der Waals surface area contributed by atoms with Crippen molar-refractivity contribution in [2.75, 3.05) is 11.3 Å². The number of nitrogens with one attached hydrogen (secondary N) is 1. The number of hydrogen-bond donors (Lipinski definition) is 3. The molecule has 0 aliphatic rings. The van der Waals surface area contributed by atoms with Gasteiger partial charge in [-0.2, -0.15) is 0 Å². The van der Waals surface area contributed by atoms with Gasteiger partial charge in [0.05, 0.1) is 6.10 Å². The number of aliphatic hydroxyl groups excluding tert-OH is 1. The molecule has 1 rings (SSSR count). The molecule has 0 radical (unpaired) electrons. The smallest absolute Gasteiger partial charge is 0.115 e. The van der Waals surface area contributed by atoms with E-state index in [1.165, 1.54) is 18.2 Å². The standard InChI is InChI=1S/C9H13FN2O3S/c10-4-6-1-2-7(12-16(14)15)3-8(6)9(13)5-11/h1-3,9,12-13H,4-5,11H2,(H,14,15)/p-1. The molecule has 1 aromatic carbocycles. The van der Waals surface area contributed by atoms with E-state index < -0.39 is 24.0 Å². The molecule has 0 amide bonds. The summed E-state index contributed by atoms with van der Waals surface area (Å²) in [4.78, 5) is 0. The monoisotopic (exact) mass is 247 g/mol. The van der Waals surface area contributed by atoms with Crippen LogP contribution in [0.5, 0.6) is 0 Å². The topological polar surface area (TPSA) is 98.4 Å². The molecular weight excluding hydrogens is 235 g/mol. The van der Waals surface area contributed by atoms with Gasteiger partial charge in [0.2, 0.25) is 0 Å². The second-order valence-electron chi connectivity index (χ2n) is 3.14. The highest BCUT2D eigenvalue weighted by Gasteiger charge is 2.11. The molecule has 0 saturated carbocycles. The summed E-state index contributed by atoms with van der Waals surface area (Å²) in [5.41, 5.74) is 6.11. The van der Waals surface area contributed by atoms with E-state index in [1.54, 1.807) is 0 Å². The van der Waals surface area contributed by atoms with Crippen LogP contribution in [0.2, 0.25) is 0 Å². The number of rotatable bonds is 5. The Morgan fingerprint density at radius 3 is 2.81 bits per heavy atom. The summed E-state index contributed by atoms with van der Waals surface area (Å²) in [6, 6.07) is 4.18. The van der Waals surface area contributed by atoms with Gasteiger partial charge in [0.25, 0.3) is 0 Å². The maximum absolute atomic E-state index is 12.6. The van der Waals surface area contributed by atoms with Crippen LogP contribution < -0.4 is 10.5 Å². The molecule has 16 heavy (non-hydrogen) atoms. The highest BCUT2D eigenvalue weighted by atomic mass is 32.2. The van der Waals surface area contributed by atoms with Gasteiger partial charge in [0.15, 0.2) is 0 Å². The third kappa shape index (κ3) is 3.24. The second kappa shape index (κ2) is 5.90. The van der Waals surface area contributed by atoms with Gasteiger partial charge in [0.1, 0.15) is 6.67 Å². The van der Waals surface area contributed by atoms with Gasteiger partial charge in [0, 0.05) is 23.5 Å². The molecule has 0 heterocycles. The third-order valence-corrected chi connectivity index (χ3v) is 2.48. The van der Waals surface area contributed by atoms with Crippen molar-refractivity contribution in [1.29, 1.82) is 0 Å². The molecule has 4 N–H and O–H groups in total. The van der Waals surface area contributed by atoms with Gasteiger partial charge >= 0.3 is 0 Å². The lowest BCUT2D eigenvalue weighted by molar-refractivity contribution is 0.184. The average molecular weight is 247 g/mol. The van der Waals surface area contributed by atoms with E-state index in [0.717, 1.165) is 0 Å². The molecule has 0 aromatic heterocycles. The van der Waals surface area contributed by atoms with Crippen molar-refractivity contribution in [3.05, 3.63) is 29.3 Å². The van der Waals surface area contributed by atoms with Crippen molar-refractivity contribution in [2.24, 2.45) is 5.73 Å². The fourth-order valence-electron chi connectivity index (χ4n) is 1.31. The first-order chi connectivity index (χ1) is 7.58. The molecule has 0 aliphatic heterocycles. The Labute approximate surface area is 94.9 Å². The minimum absolute atomic E-state index is 0.0586. The minimum Gasteiger partial charge on any atom is -0.755 e. The summed E-state index contributed by atoms with van der Waals surface area (Å²) < 4.78 is 35.5. The van der Waals surface area contributed by atoms with E-state index in [4.69, 9.17) is 5.73 Å². The van der Waals surface area contributed by atoms with Crippen molar-refractivity contribution >= 4 is 17.0 Å². The van der Waals surface area contributed by atoms with Gasteiger partial charge in [-0.15, -0.1) is 0 Å². The Hall–Kier alpha value is -1.02. The Morgan fingerprint density at radius 2 is 2.31 bits per heavy atom. The van der Waals surface area contributed by atoms with Gasteiger partial charge in [-0.3, -0.25) is 4.21 Å². The molecule has 0 spiro atoms. The SMILES string of the molecule is NCC(O)c1cc(NS(=O)[O-])ccc1CF. The minimum atomic E-state index is -2.46. The lowest BCUT2D eigenvalue weighted by atomic mass is 10.0. The first-order valence-electron chi connectivity index (χ1n) is 4.51. The van der Waals surface area contributed by atoms with E-state index in [1.807, 2.05) is 0 Å².